The van der Waals surface area contributed by atoms with Gasteiger partial charge in [0.1, 0.15) is 11.8 Å². The summed E-state index contributed by atoms with van der Waals surface area (Å²) in [6.07, 6.45) is 2.90. The molecule has 0 fully saturated rings. The zero-order valence-corrected chi connectivity index (χ0v) is 15.9. The minimum absolute atomic E-state index is 0.00619. The fourth-order valence-corrected chi connectivity index (χ4v) is 3.71. The van der Waals surface area contributed by atoms with Crippen LogP contribution in [0.5, 0.6) is 5.75 Å². The van der Waals surface area contributed by atoms with Crippen LogP contribution in [-0.2, 0) is 14.8 Å². The van der Waals surface area contributed by atoms with Crippen LogP contribution >= 0.6 is 0 Å². The van der Waals surface area contributed by atoms with Crippen molar-refractivity contribution in [3.63, 3.8) is 0 Å². The van der Waals surface area contributed by atoms with Gasteiger partial charge in [-0.2, -0.15) is 0 Å². The zero-order chi connectivity index (χ0) is 18.3. The highest BCUT2D eigenvalue weighted by atomic mass is 32.2. The molecular weight excluding hydrogens is 328 g/mol. The Morgan fingerprint density at radius 2 is 1.79 bits per heavy atom. The third-order valence-corrected chi connectivity index (χ3v) is 4.84. The normalized spacial score (nSPS) is 13.9. The molecule has 0 radical (unpaired) electrons. The van der Waals surface area contributed by atoms with Gasteiger partial charge in [0, 0.05) is 6.04 Å². The number of anilines is 1. The Morgan fingerprint density at radius 1 is 1.21 bits per heavy atom. The SMILES string of the molecule is CCC[C@@H](C)NC(=O)[C@@H](C)N(c1ccc(OCC)cc1)S(C)(=O)=O. The number of ether oxygens (including phenoxy) is 1. The van der Waals surface area contributed by atoms with E-state index in [-0.39, 0.29) is 11.9 Å². The predicted molar refractivity (Wildman–Crippen MR) is 96.9 cm³/mol. The van der Waals surface area contributed by atoms with Crippen molar-refractivity contribution in [2.75, 3.05) is 17.2 Å². The molecule has 0 saturated carbocycles. The highest BCUT2D eigenvalue weighted by Crippen LogP contribution is 2.24. The highest BCUT2D eigenvalue weighted by molar-refractivity contribution is 7.92. The molecule has 0 aliphatic carbocycles. The number of amides is 1. The molecule has 7 heteroatoms. The molecule has 0 heterocycles. The maximum atomic E-state index is 12.4. The van der Waals surface area contributed by atoms with Crippen LogP contribution in [0.25, 0.3) is 0 Å². The Bertz CT molecular complexity index is 628. The van der Waals surface area contributed by atoms with Gasteiger partial charge < -0.3 is 10.1 Å². The van der Waals surface area contributed by atoms with Crippen LogP contribution in [0.15, 0.2) is 24.3 Å². The van der Waals surface area contributed by atoms with E-state index in [1.807, 2.05) is 20.8 Å². The third kappa shape index (κ3) is 5.70. The standard InChI is InChI=1S/C17H28N2O4S/c1-6-8-13(3)18-17(20)14(4)19(24(5,21)22)15-9-11-16(12-10-15)23-7-2/h9-14H,6-8H2,1-5H3,(H,18,20)/t13-,14-/m1/s1. The molecule has 136 valence electrons. The molecule has 0 saturated heterocycles. The first kappa shape index (κ1) is 20.3. The van der Waals surface area contributed by atoms with Gasteiger partial charge in [-0.05, 0) is 51.5 Å². The summed E-state index contributed by atoms with van der Waals surface area (Å²) in [5.41, 5.74) is 0.437. The molecular formula is C17H28N2O4S. The first-order chi connectivity index (χ1) is 11.2. The average Bonchev–Trinajstić information content (AvgIpc) is 2.48. The van der Waals surface area contributed by atoms with Gasteiger partial charge in [-0.1, -0.05) is 13.3 Å². The summed E-state index contributed by atoms with van der Waals surface area (Å²) in [6.45, 7) is 7.94. The van der Waals surface area contributed by atoms with Crippen LogP contribution in [0.2, 0.25) is 0 Å². The van der Waals surface area contributed by atoms with E-state index in [0.717, 1.165) is 23.4 Å². The Balaban J connectivity index is 3.02. The number of sulfonamides is 1. The second-order valence-electron chi connectivity index (χ2n) is 5.86. The number of nitrogens with one attached hydrogen (secondary N) is 1. The van der Waals surface area contributed by atoms with E-state index >= 15 is 0 Å². The van der Waals surface area contributed by atoms with Crippen molar-refractivity contribution in [2.45, 2.75) is 52.6 Å². The monoisotopic (exact) mass is 356 g/mol. The molecule has 1 aromatic rings. The number of benzene rings is 1. The van der Waals surface area contributed by atoms with Crippen LogP contribution in [0.3, 0.4) is 0 Å². The van der Waals surface area contributed by atoms with Crippen LogP contribution in [0.4, 0.5) is 5.69 Å². The molecule has 6 nitrogen and oxygen atoms in total. The van der Waals surface area contributed by atoms with Crippen molar-refractivity contribution in [2.24, 2.45) is 0 Å². The Morgan fingerprint density at radius 3 is 2.25 bits per heavy atom. The minimum atomic E-state index is -3.60. The molecule has 0 unspecified atom stereocenters. The summed E-state index contributed by atoms with van der Waals surface area (Å²) < 4.78 is 30.9. The molecule has 1 aromatic carbocycles. The van der Waals surface area contributed by atoms with E-state index in [9.17, 15) is 13.2 Å². The van der Waals surface area contributed by atoms with Crippen molar-refractivity contribution >= 4 is 21.6 Å². The zero-order valence-electron chi connectivity index (χ0n) is 15.1. The van der Waals surface area contributed by atoms with E-state index in [1.54, 1.807) is 31.2 Å². The van der Waals surface area contributed by atoms with Crippen molar-refractivity contribution < 1.29 is 17.9 Å². The molecule has 0 aliphatic heterocycles. The maximum absolute atomic E-state index is 12.4. The molecule has 1 rings (SSSR count). The Labute approximate surface area is 145 Å². The number of carbonyl (C=O) groups is 1. The van der Waals surface area contributed by atoms with Crippen LogP contribution in [-0.4, -0.2) is 39.3 Å². The summed E-state index contributed by atoms with van der Waals surface area (Å²) in [5, 5.41) is 2.86. The van der Waals surface area contributed by atoms with Gasteiger partial charge in [0.2, 0.25) is 15.9 Å². The third-order valence-electron chi connectivity index (χ3n) is 3.60. The molecule has 0 bridgehead atoms. The largest absolute Gasteiger partial charge is 0.494 e. The van der Waals surface area contributed by atoms with E-state index in [1.165, 1.54) is 0 Å². The van der Waals surface area contributed by atoms with Gasteiger partial charge in [-0.25, -0.2) is 8.42 Å². The minimum Gasteiger partial charge on any atom is -0.494 e. The highest BCUT2D eigenvalue weighted by Gasteiger charge is 2.29. The van der Waals surface area contributed by atoms with Gasteiger partial charge in [-0.3, -0.25) is 9.10 Å². The van der Waals surface area contributed by atoms with Crippen molar-refractivity contribution in [1.29, 1.82) is 0 Å². The van der Waals surface area contributed by atoms with Gasteiger partial charge >= 0.3 is 0 Å². The topological polar surface area (TPSA) is 75.7 Å². The van der Waals surface area contributed by atoms with Crippen LogP contribution < -0.4 is 14.4 Å². The fraction of sp³-hybridized carbons (Fsp3) is 0.588. The summed E-state index contributed by atoms with van der Waals surface area (Å²) >= 11 is 0. The van der Waals surface area contributed by atoms with Crippen LogP contribution in [0.1, 0.15) is 40.5 Å². The summed E-state index contributed by atoms with van der Waals surface area (Å²) in [4.78, 5) is 12.4. The lowest BCUT2D eigenvalue weighted by Gasteiger charge is -2.29. The van der Waals surface area contributed by atoms with E-state index in [2.05, 4.69) is 5.32 Å². The first-order valence-corrected chi connectivity index (χ1v) is 10.1. The second-order valence-corrected chi connectivity index (χ2v) is 7.72. The maximum Gasteiger partial charge on any atom is 0.243 e. The van der Waals surface area contributed by atoms with Gasteiger partial charge in [0.25, 0.3) is 0 Å². The van der Waals surface area contributed by atoms with Crippen molar-refractivity contribution in [3.8, 4) is 5.75 Å². The molecule has 0 aliphatic rings. The fourth-order valence-electron chi connectivity index (χ4n) is 2.53. The second kappa shape index (κ2) is 8.92. The first-order valence-electron chi connectivity index (χ1n) is 8.23. The summed E-state index contributed by atoms with van der Waals surface area (Å²) in [7, 11) is -3.60. The summed E-state index contributed by atoms with van der Waals surface area (Å²) in [6, 6.07) is 5.85. The van der Waals surface area contributed by atoms with Gasteiger partial charge in [0.05, 0.1) is 18.6 Å². The van der Waals surface area contributed by atoms with Crippen LogP contribution in [0, 0.1) is 0 Å². The van der Waals surface area contributed by atoms with Gasteiger partial charge in [-0.15, -0.1) is 0 Å². The lowest BCUT2D eigenvalue weighted by atomic mass is 10.2. The lowest BCUT2D eigenvalue weighted by Crippen LogP contribution is -2.49. The lowest BCUT2D eigenvalue weighted by molar-refractivity contribution is -0.122. The van der Waals surface area contributed by atoms with Crippen molar-refractivity contribution in [3.05, 3.63) is 24.3 Å². The number of carbonyl (C=O) groups excluding carboxylic acids is 1. The quantitative estimate of drug-likeness (QED) is 0.738. The Kier molecular flexibility index (Phi) is 7.54. The number of rotatable bonds is 9. The molecule has 0 spiro atoms. The predicted octanol–water partition coefficient (Wildman–Crippen LogP) is 2.54. The number of hydrogen-bond acceptors (Lipinski definition) is 4. The molecule has 0 aromatic heterocycles. The molecule has 1 amide bonds. The number of hydrogen-bond donors (Lipinski definition) is 1. The van der Waals surface area contributed by atoms with E-state index in [0.29, 0.717) is 18.0 Å². The average molecular weight is 356 g/mol. The van der Waals surface area contributed by atoms with E-state index < -0.39 is 16.1 Å². The Hall–Kier alpha value is -1.76. The van der Waals surface area contributed by atoms with Gasteiger partial charge in [0.15, 0.2) is 0 Å². The molecule has 1 N–H and O–H groups in total. The number of nitrogens with zero attached hydrogens (tertiary/aromatic N) is 1. The van der Waals surface area contributed by atoms with E-state index in [4.69, 9.17) is 4.74 Å². The molecule has 2 atom stereocenters. The van der Waals surface area contributed by atoms with Crippen molar-refractivity contribution in [1.82, 2.24) is 5.32 Å². The molecule has 24 heavy (non-hydrogen) atoms. The summed E-state index contributed by atoms with van der Waals surface area (Å²) in [5.74, 6) is 0.346. The smallest absolute Gasteiger partial charge is 0.243 e.